The highest BCUT2D eigenvalue weighted by Gasteiger charge is 2.36. The number of sulfonamides is 1. The minimum absolute atomic E-state index is 0.0757. The first-order valence-electron chi connectivity index (χ1n) is 7.60. The fourth-order valence-electron chi connectivity index (χ4n) is 2.57. The van der Waals surface area contributed by atoms with Gasteiger partial charge in [-0.2, -0.15) is 13.4 Å². The van der Waals surface area contributed by atoms with Crippen LogP contribution in [0.2, 0.25) is 0 Å². The molecule has 2 aliphatic heterocycles. The number of fused-ring (bicyclic) bond motifs is 1. The number of thioether (sulfide) groups is 1. The molecule has 1 amide bonds. The number of rotatable bonds is 2. The quantitative estimate of drug-likeness (QED) is 0.525. The highest BCUT2D eigenvalue weighted by molar-refractivity contribution is 9.10. The zero-order chi connectivity index (χ0) is 19.2. The van der Waals surface area contributed by atoms with E-state index in [0.29, 0.717) is 10.5 Å². The van der Waals surface area contributed by atoms with Crippen LogP contribution in [0.5, 0.6) is 0 Å². The normalized spacial score (nSPS) is 19.4. The Balaban J connectivity index is 1.62. The summed E-state index contributed by atoms with van der Waals surface area (Å²) in [7, 11) is -3.78. The predicted molar refractivity (Wildman–Crippen MR) is 112 cm³/mol. The lowest BCUT2D eigenvalue weighted by atomic mass is 10.2. The van der Waals surface area contributed by atoms with E-state index in [-0.39, 0.29) is 21.0 Å². The number of carbonyl (C=O) groups excluding carboxylic acids is 1. The van der Waals surface area contributed by atoms with Crippen LogP contribution in [0.3, 0.4) is 0 Å². The predicted octanol–water partition coefficient (Wildman–Crippen LogP) is 3.30. The third-order valence-electron chi connectivity index (χ3n) is 3.81. The molecule has 0 saturated carbocycles. The number of nitrogens with zero attached hydrogens (tertiary/aromatic N) is 2. The summed E-state index contributed by atoms with van der Waals surface area (Å²) >= 11 is 9.78. The van der Waals surface area contributed by atoms with E-state index in [2.05, 4.69) is 25.8 Å². The van der Waals surface area contributed by atoms with Gasteiger partial charge in [-0.05, 0) is 48.1 Å². The number of benzene rings is 2. The zero-order valence-electron chi connectivity index (χ0n) is 13.4. The first-order chi connectivity index (χ1) is 12.8. The number of hydrogen-bond donors (Lipinski definition) is 1. The van der Waals surface area contributed by atoms with Crippen LogP contribution in [0.1, 0.15) is 11.1 Å². The van der Waals surface area contributed by atoms with Crippen molar-refractivity contribution in [3.63, 3.8) is 0 Å². The number of hydrazine groups is 1. The smallest absolute Gasteiger partial charge is 0.272 e. The summed E-state index contributed by atoms with van der Waals surface area (Å²) < 4.78 is 29.2. The summed E-state index contributed by atoms with van der Waals surface area (Å²) in [5.41, 5.74) is 4.02. The Bertz CT molecular complexity index is 1140. The molecule has 0 aliphatic carbocycles. The Morgan fingerprint density at radius 3 is 2.59 bits per heavy atom. The fraction of sp³-hybridized carbons (Fsp3) is 0. The summed E-state index contributed by atoms with van der Waals surface area (Å²) in [5, 5.41) is 1.14. The van der Waals surface area contributed by atoms with Gasteiger partial charge in [0.2, 0.25) is 0 Å². The maximum absolute atomic E-state index is 12.7. The van der Waals surface area contributed by atoms with Gasteiger partial charge in [0, 0.05) is 10.0 Å². The highest BCUT2D eigenvalue weighted by atomic mass is 79.9. The van der Waals surface area contributed by atoms with E-state index in [1.807, 2.05) is 24.3 Å². The molecule has 2 aromatic carbocycles. The lowest BCUT2D eigenvalue weighted by Gasteiger charge is -2.16. The standard InChI is InChI=1S/C17H10BrN3O3S3/c18-11-7-5-10(6-8-11)9-13-16(22)21(17(25)26-13)19-15-12-3-1-2-4-14(12)27(23,24)20-15/h1-9H,(H,19,20)/b13-9-. The van der Waals surface area contributed by atoms with Crippen molar-refractivity contribution in [2.24, 2.45) is 4.40 Å². The molecule has 2 aliphatic rings. The molecule has 1 N–H and O–H groups in total. The van der Waals surface area contributed by atoms with Crippen LogP contribution in [-0.2, 0) is 14.8 Å². The first kappa shape index (κ1) is 18.4. The number of hydrogen-bond acceptors (Lipinski definition) is 6. The highest BCUT2D eigenvalue weighted by Crippen LogP contribution is 2.32. The van der Waals surface area contributed by atoms with Crippen LogP contribution in [-0.4, -0.2) is 29.5 Å². The van der Waals surface area contributed by atoms with Gasteiger partial charge in [-0.3, -0.25) is 10.2 Å². The Hall–Kier alpha value is -2.01. The minimum Gasteiger partial charge on any atom is -0.272 e. The molecule has 2 aromatic rings. The second-order valence-electron chi connectivity index (χ2n) is 5.59. The molecule has 1 saturated heterocycles. The largest absolute Gasteiger partial charge is 0.285 e. The van der Waals surface area contributed by atoms with E-state index >= 15 is 0 Å². The van der Waals surface area contributed by atoms with Crippen LogP contribution in [0.4, 0.5) is 0 Å². The van der Waals surface area contributed by atoms with Crippen molar-refractivity contribution >= 4 is 72.1 Å². The van der Waals surface area contributed by atoms with E-state index in [1.54, 1.807) is 24.3 Å². The summed E-state index contributed by atoms with van der Waals surface area (Å²) in [6.45, 7) is 0. The summed E-state index contributed by atoms with van der Waals surface area (Å²) in [6.07, 6.45) is 1.73. The Kier molecular flexibility index (Phi) is 4.66. The van der Waals surface area contributed by atoms with Crippen LogP contribution < -0.4 is 5.43 Å². The number of amides is 1. The van der Waals surface area contributed by atoms with Gasteiger partial charge in [0.25, 0.3) is 15.9 Å². The van der Waals surface area contributed by atoms with Gasteiger partial charge in [-0.25, -0.2) is 0 Å². The number of carbonyl (C=O) groups is 1. The van der Waals surface area contributed by atoms with E-state index in [0.717, 1.165) is 26.8 Å². The maximum Gasteiger partial charge on any atom is 0.285 e. The molecule has 0 bridgehead atoms. The fourth-order valence-corrected chi connectivity index (χ4v) is 5.18. The van der Waals surface area contributed by atoms with Gasteiger partial charge in [0.05, 0.1) is 4.91 Å². The Labute approximate surface area is 173 Å². The molecule has 0 spiro atoms. The van der Waals surface area contributed by atoms with Gasteiger partial charge in [-0.15, -0.1) is 4.40 Å². The van der Waals surface area contributed by atoms with Crippen molar-refractivity contribution in [3.8, 4) is 0 Å². The lowest BCUT2D eigenvalue weighted by molar-refractivity contribution is -0.123. The van der Waals surface area contributed by atoms with Crippen molar-refractivity contribution < 1.29 is 13.2 Å². The van der Waals surface area contributed by atoms with Crippen LogP contribution in [0.25, 0.3) is 6.08 Å². The molecule has 2 heterocycles. The van der Waals surface area contributed by atoms with E-state index in [9.17, 15) is 13.2 Å². The van der Waals surface area contributed by atoms with E-state index in [4.69, 9.17) is 12.2 Å². The summed E-state index contributed by atoms with van der Waals surface area (Å²) in [6, 6.07) is 13.9. The van der Waals surface area contributed by atoms with E-state index in [1.165, 1.54) is 6.07 Å². The average molecular weight is 480 g/mol. The molecule has 0 atom stereocenters. The van der Waals surface area contributed by atoms with Crippen molar-refractivity contribution in [2.45, 2.75) is 4.90 Å². The SMILES string of the molecule is O=C1/C(=C/c2ccc(Br)cc2)SC(=S)N1NC1=NS(=O)(=O)c2ccccc21. The molecule has 136 valence electrons. The van der Waals surface area contributed by atoms with Crippen LogP contribution in [0, 0.1) is 0 Å². The van der Waals surface area contributed by atoms with Crippen LogP contribution >= 0.6 is 39.9 Å². The molecule has 0 aromatic heterocycles. The van der Waals surface area contributed by atoms with E-state index < -0.39 is 10.0 Å². The lowest BCUT2D eigenvalue weighted by Crippen LogP contribution is -2.44. The molecule has 0 radical (unpaired) electrons. The van der Waals surface area contributed by atoms with Crippen LogP contribution in [0.15, 0.2) is 67.2 Å². The molecule has 10 heteroatoms. The Morgan fingerprint density at radius 1 is 1.15 bits per heavy atom. The summed E-state index contributed by atoms with van der Waals surface area (Å²) in [4.78, 5) is 13.3. The van der Waals surface area contributed by atoms with Crippen molar-refractivity contribution in [3.05, 3.63) is 69.0 Å². The zero-order valence-corrected chi connectivity index (χ0v) is 17.5. The minimum atomic E-state index is -3.78. The maximum atomic E-state index is 12.7. The second-order valence-corrected chi connectivity index (χ2v) is 9.76. The molecular weight excluding hydrogens is 470 g/mol. The van der Waals surface area contributed by atoms with Gasteiger partial charge in [0.1, 0.15) is 4.90 Å². The van der Waals surface area contributed by atoms with Crippen molar-refractivity contribution in [1.82, 2.24) is 10.4 Å². The number of thiocarbonyl (C=S) groups is 1. The molecule has 0 unspecified atom stereocenters. The molecule has 6 nitrogen and oxygen atoms in total. The second kappa shape index (κ2) is 6.86. The molecular formula is C17H10BrN3O3S3. The third-order valence-corrected chi connectivity index (χ3v) is 6.98. The van der Waals surface area contributed by atoms with Crippen molar-refractivity contribution in [2.75, 3.05) is 0 Å². The van der Waals surface area contributed by atoms with Crippen molar-refractivity contribution in [1.29, 1.82) is 0 Å². The number of halogens is 1. The molecule has 27 heavy (non-hydrogen) atoms. The summed E-state index contributed by atoms with van der Waals surface area (Å²) in [5.74, 6) is -0.288. The van der Waals surface area contributed by atoms with Gasteiger partial charge in [0.15, 0.2) is 10.2 Å². The van der Waals surface area contributed by atoms with Gasteiger partial charge >= 0.3 is 0 Å². The first-order valence-corrected chi connectivity index (χ1v) is 11.1. The number of nitrogens with one attached hydrogen (secondary N) is 1. The molecule has 1 fully saturated rings. The Morgan fingerprint density at radius 2 is 1.85 bits per heavy atom. The topological polar surface area (TPSA) is 78.8 Å². The number of amidine groups is 1. The molecule has 4 rings (SSSR count). The monoisotopic (exact) mass is 479 g/mol. The average Bonchev–Trinajstić information content (AvgIpc) is 3.05. The third kappa shape index (κ3) is 3.45. The van der Waals surface area contributed by atoms with Gasteiger partial charge < -0.3 is 0 Å². The van der Waals surface area contributed by atoms with Gasteiger partial charge in [-0.1, -0.05) is 52.0 Å².